The van der Waals surface area contributed by atoms with Crippen LogP contribution in [0.15, 0.2) is 12.4 Å². The van der Waals surface area contributed by atoms with Crippen molar-refractivity contribution in [2.45, 2.75) is 26.3 Å². The summed E-state index contributed by atoms with van der Waals surface area (Å²) in [7, 11) is 0. The van der Waals surface area contributed by atoms with Gasteiger partial charge in [0.1, 0.15) is 10.7 Å². The molecule has 0 bridgehead atoms. The van der Waals surface area contributed by atoms with Gasteiger partial charge in [0, 0.05) is 12.4 Å². The van der Waals surface area contributed by atoms with E-state index in [1.54, 1.807) is 19.3 Å². The van der Waals surface area contributed by atoms with E-state index in [0.29, 0.717) is 10.6 Å². The van der Waals surface area contributed by atoms with Crippen molar-refractivity contribution in [3.63, 3.8) is 0 Å². The molecule has 1 atom stereocenters. The number of carbonyl (C=O) groups is 1. The summed E-state index contributed by atoms with van der Waals surface area (Å²) in [6, 6.07) is -0.112. The number of nitrogens with one attached hydrogen (secondary N) is 2. The van der Waals surface area contributed by atoms with E-state index < -0.39 is 0 Å². The van der Waals surface area contributed by atoms with Crippen LogP contribution in [0, 0.1) is 6.92 Å². The Labute approximate surface area is 103 Å². The first kappa shape index (κ1) is 11.7. The number of carbonyl (C=O) groups excluding carboxylic acids is 1. The zero-order valence-electron chi connectivity index (χ0n) is 9.60. The van der Waals surface area contributed by atoms with Gasteiger partial charge in [-0.05, 0) is 24.9 Å². The van der Waals surface area contributed by atoms with Crippen LogP contribution in [0.25, 0.3) is 0 Å². The van der Waals surface area contributed by atoms with Gasteiger partial charge in [-0.25, -0.2) is 4.98 Å². The lowest BCUT2D eigenvalue weighted by Crippen LogP contribution is -2.28. The number of aromatic nitrogens is 4. The number of H-pyrrole nitrogens is 1. The minimum Gasteiger partial charge on any atom is -0.347 e. The number of nitrogens with zero attached hydrogens (tertiary/aromatic N) is 3. The molecule has 0 spiro atoms. The van der Waals surface area contributed by atoms with Crippen LogP contribution in [0.3, 0.4) is 0 Å². The Morgan fingerprint density at radius 1 is 1.65 bits per heavy atom. The van der Waals surface area contributed by atoms with Crippen molar-refractivity contribution < 1.29 is 4.79 Å². The second-order valence-electron chi connectivity index (χ2n) is 3.60. The molecule has 7 heteroatoms. The Morgan fingerprint density at radius 3 is 3.00 bits per heavy atom. The zero-order chi connectivity index (χ0) is 12.3. The Bertz CT molecular complexity index is 493. The summed E-state index contributed by atoms with van der Waals surface area (Å²) >= 11 is 1.10. The van der Waals surface area contributed by atoms with Crippen LogP contribution in [-0.2, 0) is 0 Å². The molecular formula is C10H13N5OS. The van der Waals surface area contributed by atoms with Crippen LogP contribution in [0.1, 0.15) is 40.6 Å². The number of rotatable bonds is 4. The third-order valence-corrected chi connectivity index (χ3v) is 3.25. The molecule has 0 fully saturated rings. The van der Waals surface area contributed by atoms with Crippen LogP contribution in [0.2, 0.25) is 0 Å². The fourth-order valence-electron chi connectivity index (χ4n) is 1.50. The van der Waals surface area contributed by atoms with Crippen molar-refractivity contribution in [2.24, 2.45) is 0 Å². The minimum absolute atomic E-state index is 0.112. The monoisotopic (exact) mass is 251 g/mol. The van der Waals surface area contributed by atoms with Crippen molar-refractivity contribution in [3.8, 4) is 0 Å². The predicted octanol–water partition coefficient (Wildman–Crippen LogP) is 1.45. The van der Waals surface area contributed by atoms with Gasteiger partial charge in [-0.15, -0.1) is 5.10 Å². The van der Waals surface area contributed by atoms with E-state index in [1.807, 2.05) is 6.92 Å². The van der Waals surface area contributed by atoms with Gasteiger partial charge in [0.25, 0.3) is 5.91 Å². The summed E-state index contributed by atoms with van der Waals surface area (Å²) in [5, 5.41) is 6.73. The molecule has 0 saturated heterocycles. The summed E-state index contributed by atoms with van der Waals surface area (Å²) in [4.78, 5) is 19.7. The maximum Gasteiger partial charge on any atom is 0.265 e. The molecule has 2 aromatic heterocycles. The highest BCUT2D eigenvalue weighted by atomic mass is 32.1. The predicted molar refractivity (Wildman–Crippen MR) is 63.7 cm³/mol. The molecule has 17 heavy (non-hydrogen) atoms. The molecule has 0 saturated carbocycles. The standard InChI is InChI=1S/C10H13N5OS/c1-3-7(9-11-4-5-12-9)13-10(16)8-6(2)14-15-17-8/h4-5,7H,3H2,1-2H3,(H,11,12)(H,13,16). The van der Waals surface area contributed by atoms with Gasteiger partial charge in [0.2, 0.25) is 0 Å². The summed E-state index contributed by atoms with van der Waals surface area (Å²) in [6.45, 7) is 3.76. The first-order valence-electron chi connectivity index (χ1n) is 5.31. The number of amides is 1. The Balaban J connectivity index is 2.10. The fourth-order valence-corrected chi connectivity index (χ4v) is 2.06. The summed E-state index contributed by atoms with van der Waals surface area (Å²) in [5.74, 6) is 0.608. The molecule has 0 aliphatic heterocycles. The molecule has 0 aliphatic carbocycles. The maximum absolute atomic E-state index is 12.0. The molecule has 0 radical (unpaired) electrons. The van der Waals surface area contributed by atoms with E-state index in [-0.39, 0.29) is 11.9 Å². The molecule has 1 amide bonds. The van der Waals surface area contributed by atoms with E-state index in [2.05, 4.69) is 24.9 Å². The number of aromatic amines is 1. The van der Waals surface area contributed by atoms with Gasteiger partial charge in [-0.3, -0.25) is 4.79 Å². The molecule has 0 aromatic carbocycles. The van der Waals surface area contributed by atoms with Crippen molar-refractivity contribution in [3.05, 3.63) is 28.8 Å². The average Bonchev–Trinajstić information content (AvgIpc) is 2.96. The third kappa shape index (κ3) is 2.50. The molecule has 2 rings (SSSR count). The highest BCUT2D eigenvalue weighted by Crippen LogP contribution is 2.15. The second-order valence-corrected chi connectivity index (χ2v) is 4.35. The number of imidazole rings is 1. The van der Waals surface area contributed by atoms with Crippen molar-refractivity contribution in [2.75, 3.05) is 0 Å². The van der Waals surface area contributed by atoms with Crippen LogP contribution in [0.5, 0.6) is 0 Å². The molecule has 2 aromatic rings. The maximum atomic E-state index is 12.0. The van der Waals surface area contributed by atoms with Gasteiger partial charge in [0.05, 0.1) is 11.7 Å². The van der Waals surface area contributed by atoms with Crippen LogP contribution in [-0.4, -0.2) is 25.5 Å². The van der Waals surface area contributed by atoms with E-state index in [1.165, 1.54) is 0 Å². The quantitative estimate of drug-likeness (QED) is 0.861. The van der Waals surface area contributed by atoms with Gasteiger partial charge in [-0.1, -0.05) is 11.4 Å². The lowest BCUT2D eigenvalue weighted by atomic mass is 10.2. The van der Waals surface area contributed by atoms with Crippen molar-refractivity contribution >= 4 is 17.4 Å². The molecule has 2 heterocycles. The second kappa shape index (κ2) is 5.05. The van der Waals surface area contributed by atoms with Gasteiger partial charge >= 0.3 is 0 Å². The van der Waals surface area contributed by atoms with E-state index >= 15 is 0 Å². The van der Waals surface area contributed by atoms with Crippen LogP contribution in [0.4, 0.5) is 0 Å². The molecule has 6 nitrogen and oxygen atoms in total. The summed E-state index contributed by atoms with van der Waals surface area (Å²) in [6.07, 6.45) is 4.18. The molecule has 90 valence electrons. The first-order valence-corrected chi connectivity index (χ1v) is 6.08. The van der Waals surface area contributed by atoms with Crippen molar-refractivity contribution in [1.82, 2.24) is 24.9 Å². The van der Waals surface area contributed by atoms with Crippen molar-refractivity contribution in [1.29, 1.82) is 0 Å². The van der Waals surface area contributed by atoms with Crippen LogP contribution >= 0.6 is 11.5 Å². The third-order valence-electron chi connectivity index (χ3n) is 2.42. The first-order chi connectivity index (χ1) is 8.22. The van der Waals surface area contributed by atoms with Gasteiger partial charge in [0.15, 0.2) is 0 Å². The zero-order valence-corrected chi connectivity index (χ0v) is 10.4. The largest absolute Gasteiger partial charge is 0.347 e. The number of hydrogen-bond donors (Lipinski definition) is 2. The molecule has 2 N–H and O–H groups in total. The van der Waals surface area contributed by atoms with E-state index in [0.717, 1.165) is 23.8 Å². The normalized spacial score (nSPS) is 12.4. The summed E-state index contributed by atoms with van der Waals surface area (Å²) in [5.41, 5.74) is 0.654. The highest BCUT2D eigenvalue weighted by Gasteiger charge is 2.19. The fraction of sp³-hybridized carbons (Fsp3) is 0.400. The Hall–Kier alpha value is -1.76. The van der Waals surface area contributed by atoms with Gasteiger partial charge in [-0.2, -0.15) is 0 Å². The lowest BCUT2D eigenvalue weighted by molar-refractivity contribution is 0.0937. The minimum atomic E-state index is -0.152. The summed E-state index contributed by atoms with van der Waals surface area (Å²) < 4.78 is 3.75. The smallest absolute Gasteiger partial charge is 0.265 e. The average molecular weight is 251 g/mol. The van der Waals surface area contributed by atoms with Gasteiger partial charge < -0.3 is 10.3 Å². The Kier molecular flexibility index (Phi) is 3.48. The van der Waals surface area contributed by atoms with E-state index in [4.69, 9.17) is 0 Å². The lowest BCUT2D eigenvalue weighted by Gasteiger charge is -2.13. The number of hydrogen-bond acceptors (Lipinski definition) is 5. The van der Waals surface area contributed by atoms with Crippen LogP contribution < -0.4 is 5.32 Å². The molecule has 1 unspecified atom stereocenters. The topological polar surface area (TPSA) is 83.6 Å². The highest BCUT2D eigenvalue weighted by molar-refractivity contribution is 7.07. The SMILES string of the molecule is CCC(NC(=O)c1snnc1C)c1ncc[nH]1. The Morgan fingerprint density at radius 2 is 2.47 bits per heavy atom. The number of aryl methyl sites for hydroxylation is 1. The molecule has 0 aliphatic rings. The van der Waals surface area contributed by atoms with E-state index in [9.17, 15) is 4.79 Å². The molecular weight excluding hydrogens is 238 g/mol.